The lowest BCUT2D eigenvalue weighted by Crippen LogP contribution is -2.16. The van der Waals surface area contributed by atoms with Crippen molar-refractivity contribution >= 4 is 5.82 Å². The molecule has 0 amide bonds. The van der Waals surface area contributed by atoms with Crippen LogP contribution in [0.3, 0.4) is 0 Å². The fraction of sp³-hybridized carbons (Fsp3) is 0.0500. The van der Waals surface area contributed by atoms with Crippen LogP contribution in [0.1, 0.15) is 16.7 Å². The summed E-state index contributed by atoms with van der Waals surface area (Å²) in [5.41, 5.74) is 5.06. The number of H-pyrrole nitrogens is 1. The lowest BCUT2D eigenvalue weighted by molar-refractivity contribution is -0.137. The standard InChI is InChI=1S/C20H11F3N4O/c21-20(22,23)12-7-5-11(6-8-12)13-3-1-2-4-14(13)17-15(9-24)18(26)27-19(28)16(17)10-25/h1-8H,(H3,26,27,28). The number of hydrogen-bond donors (Lipinski definition) is 2. The molecule has 0 fully saturated rings. The van der Waals surface area contributed by atoms with Crippen molar-refractivity contribution in [1.82, 2.24) is 4.98 Å². The Bertz CT molecular complexity index is 1200. The second-order valence-corrected chi connectivity index (χ2v) is 5.84. The molecule has 0 aliphatic carbocycles. The monoisotopic (exact) mass is 380 g/mol. The van der Waals surface area contributed by atoms with Crippen molar-refractivity contribution in [1.29, 1.82) is 10.5 Å². The van der Waals surface area contributed by atoms with Crippen molar-refractivity contribution in [2.75, 3.05) is 5.73 Å². The van der Waals surface area contributed by atoms with E-state index in [1.165, 1.54) is 12.1 Å². The van der Waals surface area contributed by atoms with Gasteiger partial charge < -0.3 is 10.7 Å². The number of aromatic nitrogens is 1. The van der Waals surface area contributed by atoms with Crippen molar-refractivity contribution in [2.45, 2.75) is 6.18 Å². The molecule has 8 heteroatoms. The third-order valence-electron chi connectivity index (χ3n) is 4.19. The predicted molar refractivity (Wildman–Crippen MR) is 96.8 cm³/mol. The van der Waals surface area contributed by atoms with E-state index in [9.17, 15) is 28.5 Å². The molecular formula is C20H11F3N4O. The largest absolute Gasteiger partial charge is 0.416 e. The molecule has 0 saturated heterocycles. The maximum atomic E-state index is 12.8. The molecule has 0 atom stereocenters. The molecule has 2 aromatic carbocycles. The van der Waals surface area contributed by atoms with Crippen LogP contribution in [0.5, 0.6) is 0 Å². The summed E-state index contributed by atoms with van der Waals surface area (Å²) < 4.78 is 38.5. The molecule has 0 spiro atoms. The number of benzene rings is 2. The molecule has 28 heavy (non-hydrogen) atoms. The molecule has 5 nitrogen and oxygen atoms in total. The number of aromatic amines is 1. The fourth-order valence-electron chi connectivity index (χ4n) is 2.90. The minimum absolute atomic E-state index is 0.0433. The van der Waals surface area contributed by atoms with Gasteiger partial charge in [0.2, 0.25) is 0 Å². The van der Waals surface area contributed by atoms with Gasteiger partial charge in [-0.05, 0) is 28.8 Å². The van der Waals surface area contributed by atoms with E-state index in [0.717, 1.165) is 12.1 Å². The number of pyridine rings is 1. The third-order valence-corrected chi connectivity index (χ3v) is 4.19. The Hall–Kier alpha value is -4.04. The van der Waals surface area contributed by atoms with Gasteiger partial charge in [-0.2, -0.15) is 23.7 Å². The molecule has 1 heterocycles. The van der Waals surface area contributed by atoms with Crippen molar-refractivity contribution in [3.05, 3.63) is 75.6 Å². The van der Waals surface area contributed by atoms with Gasteiger partial charge in [0.05, 0.1) is 5.56 Å². The Morgan fingerprint density at radius 1 is 0.893 bits per heavy atom. The molecular weight excluding hydrogens is 369 g/mol. The highest BCUT2D eigenvalue weighted by molar-refractivity contribution is 5.90. The average molecular weight is 380 g/mol. The first kappa shape index (κ1) is 18.7. The maximum Gasteiger partial charge on any atom is 0.416 e. The van der Waals surface area contributed by atoms with E-state index >= 15 is 0 Å². The van der Waals surface area contributed by atoms with E-state index in [4.69, 9.17) is 5.73 Å². The number of anilines is 1. The normalized spacial score (nSPS) is 10.9. The summed E-state index contributed by atoms with van der Waals surface area (Å²) in [5.74, 6) is -0.191. The van der Waals surface area contributed by atoms with Gasteiger partial charge in [0.1, 0.15) is 29.1 Å². The predicted octanol–water partition coefficient (Wildman–Crippen LogP) is 4.05. The first-order valence-electron chi connectivity index (χ1n) is 7.91. The quantitative estimate of drug-likeness (QED) is 0.699. The maximum absolute atomic E-state index is 12.8. The van der Waals surface area contributed by atoms with Gasteiger partial charge in [0.15, 0.2) is 0 Å². The second kappa shape index (κ2) is 6.93. The first-order chi connectivity index (χ1) is 13.3. The molecule has 3 rings (SSSR count). The SMILES string of the molecule is N#Cc1c(N)[nH]c(=O)c(C#N)c1-c1ccccc1-c1ccc(C(F)(F)F)cc1. The van der Waals surface area contributed by atoms with Gasteiger partial charge in [-0.1, -0.05) is 36.4 Å². The summed E-state index contributed by atoms with van der Waals surface area (Å²) in [6.45, 7) is 0. The Labute approximate surface area is 157 Å². The van der Waals surface area contributed by atoms with Gasteiger partial charge in [0, 0.05) is 5.56 Å². The molecule has 0 unspecified atom stereocenters. The van der Waals surface area contributed by atoms with Gasteiger partial charge >= 0.3 is 6.18 Å². The summed E-state index contributed by atoms with van der Waals surface area (Å²) >= 11 is 0. The molecule has 1 aromatic heterocycles. The van der Waals surface area contributed by atoms with E-state index < -0.39 is 17.3 Å². The van der Waals surface area contributed by atoms with Gasteiger partial charge in [0.25, 0.3) is 5.56 Å². The molecule has 0 radical (unpaired) electrons. The Morgan fingerprint density at radius 2 is 1.46 bits per heavy atom. The number of halogens is 3. The summed E-state index contributed by atoms with van der Waals surface area (Å²) in [6.07, 6.45) is -4.47. The van der Waals surface area contributed by atoms with Crippen LogP contribution in [0.2, 0.25) is 0 Å². The minimum Gasteiger partial charge on any atom is -0.384 e. The number of nitriles is 2. The fourth-order valence-corrected chi connectivity index (χ4v) is 2.90. The highest BCUT2D eigenvalue weighted by Gasteiger charge is 2.30. The van der Waals surface area contributed by atoms with Crippen molar-refractivity contribution < 1.29 is 13.2 Å². The van der Waals surface area contributed by atoms with Crippen LogP contribution in [-0.4, -0.2) is 4.98 Å². The van der Waals surface area contributed by atoms with Gasteiger partial charge in [-0.25, -0.2) is 0 Å². The second-order valence-electron chi connectivity index (χ2n) is 5.84. The number of hydrogen-bond acceptors (Lipinski definition) is 4. The van der Waals surface area contributed by atoms with Crippen LogP contribution >= 0.6 is 0 Å². The molecule has 3 N–H and O–H groups in total. The van der Waals surface area contributed by atoms with Crippen LogP contribution in [0.25, 0.3) is 22.3 Å². The van der Waals surface area contributed by atoms with Crippen LogP contribution in [-0.2, 0) is 6.18 Å². The highest BCUT2D eigenvalue weighted by Crippen LogP contribution is 2.37. The van der Waals surface area contributed by atoms with Gasteiger partial charge in [-0.15, -0.1) is 0 Å². The third kappa shape index (κ3) is 3.19. The molecule has 0 bridgehead atoms. The minimum atomic E-state index is -4.47. The zero-order chi connectivity index (χ0) is 20.5. The number of nitrogens with one attached hydrogen (secondary N) is 1. The zero-order valence-corrected chi connectivity index (χ0v) is 14.1. The average Bonchev–Trinajstić information content (AvgIpc) is 2.67. The first-order valence-corrected chi connectivity index (χ1v) is 7.91. The van der Waals surface area contributed by atoms with Crippen molar-refractivity contribution in [2.24, 2.45) is 0 Å². The Morgan fingerprint density at radius 3 is 2.00 bits per heavy atom. The highest BCUT2D eigenvalue weighted by atomic mass is 19.4. The number of nitrogen functional groups attached to an aromatic ring is 1. The lowest BCUT2D eigenvalue weighted by Gasteiger charge is -2.14. The summed E-state index contributed by atoms with van der Waals surface area (Å²) in [4.78, 5) is 14.4. The summed E-state index contributed by atoms with van der Waals surface area (Å²) in [7, 11) is 0. The van der Waals surface area contributed by atoms with E-state index in [1.54, 1.807) is 30.3 Å². The van der Waals surface area contributed by atoms with E-state index in [1.807, 2.05) is 6.07 Å². The zero-order valence-electron chi connectivity index (χ0n) is 14.1. The smallest absolute Gasteiger partial charge is 0.384 e. The Kier molecular flexibility index (Phi) is 4.64. The number of nitrogens with two attached hydrogens (primary N) is 1. The van der Waals surface area contributed by atoms with Gasteiger partial charge in [-0.3, -0.25) is 4.79 Å². The number of nitrogens with zero attached hydrogens (tertiary/aromatic N) is 2. The van der Waals surface area contributed by atoms with Crippen LogP contribution in [0.4, 0.5) is 19.0 Å². The Balaban J connectivity index is 2.31. The summed E-state index contributed by atoms with van der Waals surface area (Å²) in [5, 5.41) is 18.9. The lowest BCUT2D eigenvalue weighted by atomic mass is 9.89. The number of rotatable bonds is 2. The van der Waals surface area contributed by atoms with E-state index in [0.29, 0.717) is 16.7 Å². The van der Waals surface area contributed by atoms with Crippen LogP contribution in [0.15, 0.2) is 53.3 Å². The van der Waals surface area contributed by atoms with Crippen LogP contribution < -0.4 is 11.3 Å². The van der Waals surface area contributed by atoms with E-state index in [-0.39, 0.29) is 22.5 Å². The number of alkyl halides is 3. The molecule has 138 valence electrons. The summed E-state index contributed by atoms with van der Waals surface area (Å²) in [6, 6.07) is 14.6. The van der Waals surface area contributed by atoms with Crippen LogP contribution in [0, 0.1) is 22.7 Å². The molecule has 0 aliphatic rings. The molecule has 3 aromatic rings. The molecule has 0 aliphatic heterocycles. The molecule has 0 saturated carbocycles. The van der Waals surface area contributed by atoms with Crippen molar-refractivity contribution in [3.63, 3.8) is 0 Å². The topological polar surface area (TPSA) is 106 Å². The van der Waals surface area contributed by atoms with Crippen molar-refractivity contribution in [3.8, 4) is 34.4 Å². The van der Waals surface area contributed by atoms with E-state index in [2.05, 4.69) is 4.98 Å².